The summed E-state index contributed by atoms with van der Waals surface area (Å²) >= 11 is 0. The summed E-state index contributed by atoms with van der Waals surface area (Å²) in [5.74, 6) is 0.424. The van der Waals surface area contributed by atoms with Gasteiger partial charge in [-0.15, -0.1) is 0 Å². The van der Waals surface area contributed by atoms with Gasteiger partial charge in [-0.3, -0.25) is 0 Å². The van der Waals surface area contributed by atoms with Crippen LogP contribution < -0.4 is 5.32 Å². The summed E-state index contributed by atoms with van der Waals surface area (Å²) in [4.78, 5) is 0. The van der Waals surface area contributed by atoms with Gasteiger partial charge < -0.3 is 10.4 Å². The van der Waals surface area contributed by atoms with Gasteiger partial charge in [0.2, 0.25) is 0 Å². The van der Waals surface area contributed by atoms with E-state index in [2.05, 4.69) is 11.4 Å². The summed E-state index contributed by atoms with van der Waals surface area (Å²) in [6.45, 7) is 1.15. The molecule has 0 bridgehead atoms. The molecule has 0 aromatic heterocycles. The SMILES string of the molecule is Oc1ccc2c(c1)C13CCCCC1(CCN3)C2. The van der Waals surface area contributed by atoms with Gasteiger partial charge in [-0.05, 0) is 60.9 Å². The van der Waals surface area contributed by atoms with Gasteiger partial charge in [-0.1, -0.05) is 18.9 Å². The van der Waals surface area contributed by atoms with E-state index in [4.69, 9.17) is 0 Å². The molecule has 90 valence electrons. The lowest BCUT2D eigenvalue weighted by molar-refractivity contribution is 0.0939. The topological polar surface area (TPSA) is 32.3 Å². The van der Waals surface area contributed by atoms with Crippen LogP contribution in [0.4, 0.5) is 0 Å². The third kappa shape index (κ3) is 1.05. The number of nitrogens with one attached hydrogen (secondary N) is 1. The van der Waals surface area contributed by atoms with Gasteiger partial charge in [-0.2, -0.15) is 0 Å². The molecule has 0 radical (unpaired) electrons. The first-order valence-corrected chi connectivity index (χ1v) is 6.83. The zero-order chi connectivity index (χ0) is 11.5. The molecule has 2 fully saturated rings. The Hall–Kier alpha value is -1.02. The number of phenols is 1. The quantitative estimate of drug-likeness (QED) is 0.717. The van der Waals surface area contributed by atoms with Gasteiger partial charge >= 0.3 is 0 Å². The molecule has 2 N–H and O–H groups in total. The van der Waals surface area contributed by atoms with Crippen LogP contribution in [-0.2, 0) is 12.0 Å². The highest BCUT2D eigenvalue weighted by atomic mass is 16.3. The molecule has 2 aliphatic carbocycles. The van der Waals surface area contributed by atoms with E-state index < -0.39 is 0 Å². The van der Waals surface area contributed by atoms with Gasteiger partial charge in [0.05, 0.1) is 0 Å². The first-order valence-electron chi connectivity index (χ1n) is 6.83. The predicted molar refractivity (Wildman–Crippen MR) is 67.0 cm³/mol. The van der Waals surface area contributed by atoms with Gasteiger partial charge in [0.15, 0.2) is 0 Å². The second kappa shape index (κ2) is 3.05. The van der Waals surface area contributed by atoms with Crippen LogP contribution in [0.2, 0.25) is 0 Å². The van der Waals surface area contributed by atoms with Crippen LogP contribution >= 0.6 is 0 Å². The maximum atomic E-state index is 9.77. The average molecular weight is 229 g/mol. The Bertz CT molecular complexity index is 484. The van der Waals surface area contributed by atoms with Crippen molar-refractivity contribution in [2.45, 2.75) is 44.1 Å². The van der Waals surface area contributed by atoms with Gasteiger partial charge in [-0.25, -0.2) is 0 Å². The zero-order valence-corrected chi connectivity index (χ0v) is 10.1. The van der Waals surface area contributed by atoms with E-state index in [1.807, 2.05) is 12.1 Å². The third-order valence-electron chi connectivity index (χ3n) is 5.47. The maximum absolute atomic E-state index is 9.77. The van der Waals surface area contributed by atoms with Crippen molar-refractivity contribution >= 4 is 0 Å². The van der Waals surface area contributed by atoms with E-state index in [1.165, 1.54) is 49.7 Å². The first-order chi connectivity index (χ1) is 8.26. The van der Waals surface area contributed by atoms with Crippen LogP contribution in [-0.4, -0.2) is 11.7 Å². The number of rotatable bonds is 0. The van der Waals surface area contributed by atoms with Crippen molar-refractivity contribution in [3.8, 4) is 5.75 Å². The van der Waals surface area contributed by atoms with Crippen molar-refractivity contribution in [2.75, 3.05) is 6.54 Å². The van der Waals surface area contributed by atoms with Crippen LogP contribution in [0.3, 0.4) is 0 Å². The van der Waals surface area contributed by atoms with Crippen molar-refractivity contribution in [1.82, 2.24) is 5.32 Å². The Morgan fingerprint density at radius 3 is 2.94 bits per heavy atom. The lowest BCUT2D eigenvalue weighted by Crippen LogP contribution is -2.48. The molecule has 1 saturated heterocycles. The molecule has 1 aromatic rings. The van der Waals surface area contributed by atoms with E-state index >= 15 is 0 Å². The minimum absolute atomic E-state index is 0.194. The Labute approximate surface area is 102 Å². The lowest BCUT2D eigenvalue weighted by atomic mass is 9.62. The Morgan fingerprint density at radius 1 is 1.12 bits per heavy atom. The summed E-state index contributed by atoms with van der Waals surface area (Å²) in [5, 5.41) is 13.6. The number of hydrogen-bond acceptors (Lipinski definition) is 2. The van der Waals surface area contributed by atoms with Crippen molar-refractivity contribution < 1.29 is 5.11 Å². The molecule has 0 spiro atoms. The van der Waals surface area contributed by atoms with E-state index in [9.17, 15) is 5.11 Å². The Morgan fingerprint density at radius 2 is 2.00 bits per heavy atom. The number of phenolic OH excluding ortho intramolecular Hbond substituents is 1. The fourth-order valence-corrected chi connectivity index (χ4v) is 4.79. The molecule has 4 rings (SSSR count). The summed E-state index contributed by atoms with van der Waals surface area (Å²) < 4.78 is 0. The van der Waals surface area contributed by atoms with Crippen LogP contribution in [0.15, 0.2) is 18.2 Å². The van der Waals surface area contributed by atoms with Gasteiger partial charge in [0, 0.05) is 5.54 Å². The standard InChI is InChI=1S/C15H19NO/c17-12-4-3-11-10-14-5-1-2-6-15(14,13(11)9-12)16-8-7-14/h3-4,9,16-17H,1-2,5-8,10H2. The van der Waals surface area contributed by atoms with Crippen molar-refractivity contribution in [3.05, 3.63) is 29.3 Å². The highest BCUT2D eigenvalue weighted by Gasteiger charge is 2.60. The van der Waals surface area contributed by atoms with Crippen molar-refractivity contribution in [1.29, 1.82) is 0 Å². The fraction of sp³-hybridized carbons (Fsp3) is 0.600. The summed E-state index contributed by atoms with van der Waals surface area (Å²) in [6.07, 6.45) is 7.84. The zero-order valence-electron chi connectivity index (χ0n) is 10.1. The molecule has 2 atom stereocenters. The molecule has 2 nitrogen and oxygen atoms in total. The largest absolute Gasteiger partial charge is 0.508 e. The van der Waals surface area contributed by atoms with Crippen LogP contribution in [0.25, 0.3) is 0 Å². The van der Waals surface area contributed by atoms with E-state index in [1.54, 1.807) is 0 Å². The van der Waals surface area contributed by atoms with Gasteiger partial charge in [0.25, 0.3) is 0 Å². The normalized spacial score (nSPS) is 38.6. The number of fused-ring (bicyclic) bond motifs is 1. The highest BCUT2D eigenvalue weighted by Crippen LogP contribution is 2.62. The summed E-state index contributed by atoms with van der Waals surface area (Å²) in [6, 6.07) is 6.00. The lowest BCUT2D eigenvalue weighted by Gasteiger charge is -2.45. The molecular formula is C15H19NO. The van der Waals surface area contributed by atoms with Crippen LogP contribution in [0.1, 0.15) is 43.2 Å². The molecule has 1 heterocycles. The smallest absolute Gasteiger partial charge is 0.115 e. The van der Waals surface area contributed by atoms with Crippen molar-refractivity contribution in [3.63, 3.8) is 0 Å². The van der Waals surface area contributed by atoms with Gasteiger partial charge in [0.1, 0.15) is 5.75 Å². The molecular weight excluding hydrogens is 210 g/mol. The van der Waals surface area contributed by atoms with E-state index in [-0.39, 0.29) is 5.54 Å². The minimum atomic E-state index is 0.194. The molecule has 3 aliphatic rings. The molecule has 0 amide bonds. The molecule has 2 heteroatoms. The second-order valence-corrected chi connectivity index (χ2v) is 6.09. The first kappa shape index (κ1) is 9.95. The van der Waals surface area contributed by atoms with Crippen LogP contribution in [0.5, 0.6) is 5.75 Å². The molecule has 1 saturated carbocycles. The second-order valence-electron chi connectivity index (χ2n) is 6.09. The number of aromatic hydroxyl groups is 1. The minimum Gasteiger partial charge on any atom is -0.508 e. The van der Waals surface area contributed by atoms with E-state index in [0.29, 0.717) is 11.2 Å². The monoisotopic (exact) mass is 229 g/mol. The number of benzene rings is 1. The molecule has 1 aromatic carbocycles. The Kier molecular flexibility index (Phi) is 1.79. The number of hydrogen-bond donors (Lipinski definition) is 2. The van der Waals surface area contributed by atoms with E-state index in [0.717, 1.165) is 6.54 Å². The maximum Gasteiger partial charge on any atom is 0.115 e. The van der Waals surface area contributed by atoms with Crippen LogP contribution in [0, 0.1) is 5.41 Å². The highest BCUT2D eigenvalue weighted by molar-refractivity contribution is 5.48. The third-order valence-corrected chi connectivity index (χ3v) is 5.47. The fourth-order valence-electron chi connectivity index (χ4n) is 4.79. The predicted octanol–water partition coefficient (Wildman–Crippen LogP) is 2.70. The molecule has 1 aliphatic heterocycles. The molecule has 2 unspecified atom stereocenters. The molecule has 17 heavy (non-hydrogen) atoms. The average Bonchev–Trinajstić information content (AvgIpc) is 2.82. The Balaban J connectivity index is 1.95. The summed E-state index contributed by atoms with van der Waals surface area (Å²) in [7, 11) is 0. The van der Waals surface area contributed by atoms with Crippen molar-refractivity contribution in [2.24, 2.45) is 5.41 Å². The summed E-state index contributed by atoms with van der Waals surface area (Å²) in [5.41, 5.74) is 3.52.